The minimum atomic E-state index is -3.57. The number of piperazine rings is 1. The average Bonchev–Trinajstić information content (AvgIpc) is 2.73. The highest BCUT2D eigenvalue weighted by atomic mass is 32.2. The van der Waals surface area contributed by atoms with Gasteiger partial charge in [-0.1, -0.05) is 0 Å². The maximum Gasteiger partial charge on any atom is 0.267 e. The number of piperidine rings is 1. The van der Waals surface area contributed by atoms with Crippen molar-refractivity contribution < 1.29 is 22.7 Å². The molecule has 1 atom stereocenters. The van der Waals surface area contributed by atoms with E-state index in [0.717, 1.165) is 32.4 Å². The van der Waals surface area contributed by atoms with Crippen molar-refractivity contribution in [3.05, 3.63) is 18.2 Å². The van der Waals surface area contributed by atoms with Crippen LogP contribution in [0.25, 0.3) is 0 Å². The van der Waals surface area contributed by atoms with Gasteiger partial charge in [0.05, 0.1) is 4.90 Å². The lowest BCUT2D eigenvalue weighted by atomic mass is 10.1. The van der Waals surface area contributed by atoms with Crippen LogP contribution in [0.2, 0.25) is 0 Å². The molecular weight excluding hydrogens is 382 g/mol. The molecule has 0 spiro atoms. The SMILES string of the molecule is CN1CCN(S(=O)(=O)c2ccc3c(c2)OC[C@H](C(=O)N2CCCCC2)O3)CC1. The number of carbonyl (C=O) groups excluding carboxylic acids is 1. The van der Waals surface area contributed by atoms with Crippen LogP contribution < -0.4 is 9.47 Å². The van der Waals surface area contributed by atoms with E-state index in [0.29, 0.717) is 37.7 Å². The fraction of sp³-hybridized carbons (Fsp3) is 0.632. The molecule has 3 aliphatic heterocycles. The molecule has 2 fully saturated rings. The number of ether oxygens (including phenoxy) is 2. The van der Waals surface area contributed by atoms with Gasteiger partial charge < -0.3 is 19.3 Å². The second-order valence-electron chi connectivity index (χ2n) is 7.62. The number of amides is 1. The van der Waals surface area contributed by atoms with Crippen LogP contribution in [0.15, 0.2) is 23.1 Å². The standard InChI is InChI=1S/C19H27N3O5S/c1-20-9-11-22(12-10-20)28(24,25)15-5-6-16-17(13-15)26-14-18(27-16)19(23)21-7-3-2-4-8-21/h5-6,13,18H,2-4,7-12,14H2,1H3/t18-/m1/s1. The summed E-state index contributed by atoms with van der Waals surface area (Å²) in [6.45, 7) is 3.98. The molecule has 0 unspecified atom stereocenters. The number of hydrogen-bond acceptors (Lipinski definition) is 6. The summed E-state index contributed by atoms with van der Waals surface area (Å²) in [6, 6.07) is 4.63. The van der Waals surface area contributed by atoms with Crippen molar-refractivity contribution in [2.75, 3.05) is 52.9 Å². The predicted molar refractivity (Wildman–Crippen MR) is 103 cm³/mol. The highest BCUT2D eigenvalue weighted by Gasteiger charge is 2.33. The van der Waals surface area contributed by atoms with Crippen LogP contribution in [0, 0.1) is 0 Å². The number of benzene rings is 1. The summed E-state index contributed by atoms with van der Waals surface area (Å²) >= 11 is 0. The molecule has 28 heavy (non-hydrogen) atoms. The molecule has 1 aromatic carbocycles. The quantitative estimate of drug-likeness (QED) is 0.734. The predicted octanol–water partition coefficient (Wildman–Crippen LogP) is 0.775. The number of likely N-dealkylation sites (tertiary alicyclic amines) is 1. The maximum atomic E-state index is 12.9. The highest BCUT2D eigenvalue weighted by Crippen LogP contribution is 2.35. The van der Waals surface area contributed by atoms with E-state index in [9.17, 15) is 13.2 Å². The zero-order valence-corrected chi connectivity index (χ0v) is 17.0. The monoisotopic (exact) mass is 409 g/mol. The molecule has 4 rings (SSSR count). The van der Waals surface area contributed by atoms with Gasteiger partial charge in [-0.15, -0.1) is 0 Å². The second kappa shape index (κ2) is 7.88. The Labute approximate surface area is 166 Å². The molecule has 3 heterocycles. The van der Waals surface area contributed by atoms with Crippen LogP contribution in [0.1, 0.15) is 19.3 Å². The molecule has 2 saturated heterocycles. The third-order valence-electron chi connectivity index (χ3n) is 5.62. The van der Waals surface area contributed by atoms with Crippen molar-refractivity contribution in [3.8, 4) is 11.5 Å². The summed E-state index contributed by atoms with van der Waals surface area (Å²) in [5.74, 6) is 0.733. The largest absolute Gasteiger partial charge is 0.485 e. The van der Waals surface area contributed by atoms with E-state index in [4.69, 9.17) is 9.47 Å². The molecule has 9 heteroatoms. The van der Waals surface area contributed by atoms with Crippen molar-refractivity contribution in [1.29, 1.82) is 0 Å². The zero-order valence-electron chi connectivity index (χ0n) is 16.2. The molecular formula is C19H27N3O5S. The van der Waals surface area contributed by atoms with Crippen molar-refractivity contribution in [1.82, 2.24) is 14.1 Å². The average molecular weight is 410 g/mol. The van der Waals surface area contributed by atoms with E-state index in [2.05, 4.69) is 4.90 Å². The Morgan fingerprint density at radius 1 is 1.00 bits per heavy atom. The first kappa shape index (κ1) is 19.5. The van der Waals surface area contributed by atoms with Gasteiger partial charge in [-0.2, -0.15) is 4.31 Å². The number of carbonyl (C=O) groups is 1. The van der Waals surface area contributed by atoms with Gasteiger partial charge in [-0.25, -0.2) is 8.42 Å². The van der Waals surface area contributed by atoms with E-state index in [1.807, 2.05) is 11.9 Å². The minimum Gasteiger partial charge on any atom is -0.485 e. The van der Waals surface area contributed by atoms with E-state index >= 15 is 0 Å². The molecule has 0 aliphatic carbocycles. The van der Waals surface area contributed by atoms with Crippen LogP contribution in [0.5, 0.6) is 11.5 Å². The van der Waals surface area contributed by atoms with Crippen molar-refractivity contribution in [2.24, 2.45) is 0 Å². The summed E-state index contributed by atoms with van der Waals surface area (Å²) in [6.07, 6.45) is 2.51. The summed E-state index contributed by atoms with van der Waals surface area (Å²) < 4.78 is 38.9. The zero-order chi connectivity index (χ0) is 19.7. The molecule has 0 bridgehead atoms. The lowest BCUT2D eigenvalue weighted by Gasteiger charge is -2.33. The molecule has 8 nitrogen and oxygen atoms in total. The lowest BCUT2D eigenvalue weighted by molar-refractivity contribution is -0.142. The molecule has 0 N–H and O–H groups in total. The smallest absolute Gasteiger partial charge is 0.267 e. The van der Waals surface area contributed by atoms with Crippen molar-refractivity contribution in [2.45, 2.75) is 30.3 Å². The third kappa shape index (κ3) is 3.83. The normalized spacial score (nSPS) is 24.2. The summed E-state index contributed by atoms with van der Waals surface area (Å²) in [5, 5.41) is 0. The number of fused-ring (bicyclic) bond motifs is 1. The molecule has 3 aliphatic rings. The Balaban J connectivity index is 1.47. The molecule has 0 saturated carbocycles. The number of likely N-dealkylation sites (N-methyl/N-ethyl adjacent to an activating group) is 1. The third-order valence-corrected chi connectivity index (χ3v) is 7.51. The molecule has 1 amide bonds. The maximum absolute atomic E-state index is 12.9. The van der Waals surface area contributed by atoms with Crippen LogP contribution in [0.4, 0.5) is 0 Å². The highest BCUT2D eigenvalue weighted by molar-refractivity contribution is 7.89. The van der Waals surface area contributed by atoms with Crippen LogP contribution >= 0.6 is 0 Å². The summed E-state index contributed by atoms with van der Waals surface area (Å²) in [5.41, 5.74) is 0. The van der Waals surface area contributed by atoms with Crippen LogP contribution in [-0.4, -0.2) is 87.5 Å². The van der Waals surface area contributed by atoms with Gasteiger partial charge in [-0.3, -0.25) is 4.79 Å². The first-order valence-corrected chi connectivity index (χ1v) is 11.3. The Hall–Kier alpha value is -1.84. The number of nitrogens with zero attached hydrogens (tertiary/aromatic N) is 3. The van der Waals surface area contributed by atoms with Gasteiger partial charge >= 0.3 is 0 Å². The second-order valence-corrected chi connectivity index (χ2v) is 9.56. The first-order valence-electron chi connectivity index (χ1n) is 9.86. The molecule has 0 radical (unpaired) electrons. The number of sulfonamides is 1. The van der Waals surface area contributed by atoms with E-state index < -0.39 is 16.1 Å². The summed E-state index contributed by atoms with van der Waals surface area (Å²) in [4.78, 5) is 16.8. The van der Waals surface area contributed by atoms with Crippen LogP contribution in [0.3, 0.4) is 0 Å². The number of rotatable bonds is 3. The summed E-state index contributed by atoms with van der Waals surface area (Å²) in [7, 11) is -1.59. The van der Waals surface area contributed by atoms with E-state index in [1.165, 1.54) is 16.4 Å². The number of hydrogen-bond donors (Lipinski definition) is 0. The Morgan fingerprint density at radius 3 is 2.43 bits per heavy atom. The van der Waals surface area contributed by atoms with Gasteiger partial charge in [0.2, 0.25) is 16.1 Å². The fourth-order valence-electron chi connectivity index (χ4n) is 3.83. The van der Waals surface area contributed by atoms with E-state index in [1.54, 1.807) is 6.07 Å². The topological polar surface area (TPSA) is 79.4 Å². The van der Waals surface area contributed by atoms with Gasteiger partial charge in [0.15, 0.2) is 11.5 Å². The van der Waals surface area contributed by atoms with Gasteiger partial charge in [-0.05, 0) is 38.4 Å². The van der Waals surface area contributed by atoms with Gasteiger partial charge in [0, 0.05) is 45.3 Å². The minimum absolute atomic E-state index is 0.0560. The fourth-order valence-corrected chi connectivity index (χ4v) is 5.27. The Kier molecular flexibility index (Phi) is 5.48. The molecule has 0 aromatic heterocycles. The van der Waals surface area contributed by atoms with E-state index in [-0.39, 0.29) is 17.4 Å². The van der Waals surface area contributed by atoms with Gasteiger partial charge in [0.1, 0.15) is 6.61 Å². The molecule has 1 aromatic rings. The lowest BCUT2D eigenvalue weighted by Crippen LogP contribution is -2.48. The van der Waals surface area contributed by atoms with Crippen molar-refractivity contribution in [3.63, 3.8) is 0 Å². The molecule has 154 valence electrons. The first-order chi connectivity index (χ1) is 13.4. The van der Waals surface area contributed by atoms with Gasteiger partial charge in [0.25, 0.3) is 5.91 Å². The van der Waals surface area contributed by atoms with Crippen molar-refractivity contribution >= 4 is 15.9 Å². The van der Waals surface area contributed by atoms with Crippen LogP contribution in [-0.2, 0) is 14.8 Å². The Bertz CT molecular complexity index is 830. The Morgan fingerprint density at radius 2 is 1.71 bits per heavy atom.